The molecule has 0 aliphatic rings. The maximum atomic E-state index is 12.6. The standard InChI is InChI=1S/C22H33N3O2/c1-5-6-7-8-9-10-11-21-17(2)24-25(18(21)3)22(26)16-23-19-12-14-20(27-4)15-13-19/h12-15,23H,5-11,16H2,1-4H3. The summed E-state index contributed by atoms with van der Waals surface area (Å²) < 4.78 is 6.70. The van der Waals surface area contributed by atoms with E-state index >= 15 is 0 Å². The van der Waals surface area contributed by atoms with Gasteiger partial charge in [0.05, 0.1) is 19.3 Å². The maximum absolute atomic E-state index is 12.6. The van der Waals surface area contributed by atoms with Crippen LogP contribution in [0, 0.1) is 13.8 Å². The predicted molar refractivity (Wildman–Crippen MR) is 111 cm³/mol. The van der Waals surface area contributed by atoms with Crippen molar-refractivity contribution in [1.29, 1.82) is 0 Å². The smallest absolute Gasteiger partial charge is 0.266 e. The van der Waals surface area contributed by atoms with Crippen LogP contribution in [0.15, 0.2) is 24.3 Å². The molecule has 27 heavy (non-hydrogen) atoms. The number of nitrogens with one attached hydrogen (secondary N) is 1. The number of hydrogen-bond acceptors (Lipinski definition) is 4. The molecule has 0 aliphatic carbocycles. The van der Waals surface area contributed by atoms with Crippen LogP contribution >= 0.6 is 0 Å². The summed E-state index contributed by atoms with van der Waals surface area (Å²) in [5.74, 6) is 0.755. The Bertz CT molecular complexity index is 720. The van der Waals surface area contributed by atoms with Crippen LogP contribution in [-0.2, 0) is 6.42 Å². The molecule has 0 amide bonds. The molecule has 0 saturated carbocycles. The van der Waals surface area contributed by atoms with E-state index in [4.69, 9.17) is 4.74 Å². The molecular weight excluding hydrogens is 338 g/mol. The molecule has 1 N–H and O–H groups in total. The van der Waals surface area contributed by atoms with Gasteiger partial charge in [0.2, 0.25) is 0 Å². The number of methoxy groups -OCH3 is 1. The first-order valence-corrected chi connectivity index (χ1v) is 10.0. The van der Waals surface area contributed by atoms with Crippen LogP contribution in [0.1, 0.15) is 67.2 Å². The highest BCUT2D eigenvalue weighted by molar-refractivity contribution is 5.83. The summed E-state index contributed by atoms with van der Waals surface area (Å²) in [6.45, 7) is 6.45. The second-order valence-electron chi connectivity index (χ2n) is 7.05. The fourth-order valence-corrected chi connectivity index (χ4v) is 3.32. The molecule has 0 aliphatic heterocycles. The van der Waals surface area contributed by atoms with Crippen LogP contribution in [0.5, 0.6) is 5.75 Å². The lowest BCUT2D eigenvalue weighted by Gasteiger charge is -2.08. The number of rotatable bonds is 11. The van der Waals surface area contributed by atoms with Crippen LogP contribution in [0.4, 0.5) is 5.69 Å². The summed E-state index contributed by atoms with van der Waals surface area (Å²) in [5.41, 5.74) is 4.06. The van der Waals surface area contributed by atoms with Gasteiger partial charge in [0, 0.05) is 11.4 Å². The summed E-state index contributed by atoms with van der Waals surface area (Å²) in [7, 11) is 1.64. The molecule has 0 unspecified atom stereocenters. The Morgan fingerprint density at radius 3 is 2.41 bits per heavy atom. The van der Waals surface area contributed by atoms with Gasteiger partial charge in [-0.25, -0.2) is 4.68 Å². The first-order chi connectivity index (χ1) is 13.1. The summed E-state index contributed by atoms with van der Waals surface area (Å²) in [4.78, 5) is 12.6. The monoisotopic (exact) mass is 371 g/mol. The van der Waals surface area contributed by atoms with Crippen molar-refractivity contribution in [3.63, 3.8) is 0 Å². The summed E-state index contributed by atoms with van der Waals surface area (Å²) >= 11 is 0. The van der Waals surface area contributed by atoms with Gasteiger partial charge in [0.15, 0.2) is 0 Å². The molecule has 1 aromatic carbocycles. The van der Waals surface area contributed by atoms with Crippen LogP contribution in [-0.4, -0.2) is 29.3 Å². The number of carbonyl (C=O) groups excluding carboxylic acids is 1. The molecule has 1 heterocycles. The Morgan fingerprint density at radius 2 is 1.74 bits per heavy atom. The van der Waals surface area contributed by atoms with Gasteiger partial charge in [-0.15, -0.1) is 0 Å². The molecule has 0 bridgehead atoms. The van der Waals surface area contributed by atoms with E-state index in [2.05, 4.69) is 17.3 Å². The van der Waals surface area contributed by atoms with Gasteiger partial charge in [-0.2, -0.15) is 5.10 Å². The topological polar surface area (TPSA) is 56.2 Å². The fraction of sp³-hybridized carbons (Fsp3) is 0.545. The number of hydrogen-bond donors (Lipinski definition) is 1. The van der Waals surface area contributed by atoms with Gasteiger partial charge >= 0.3 is 0 Å². The minimum absolute atomic E-state index is 0.0411. The normalized spacial score (nSPS) is 10.8. The molecular formula is C22H33N3O2. The first-order valence-electron chi connectivity index (χ1n) is 10.0. The Kier molecular flexibility index (Phi) is 8.37. The molecule has 148 valence electrons. The molecule has 0 spiro atoms. The van der Waals surface area contributed by atoms with E-state index in [1.165, 1.54) is 37.7 Å². The predicted octanol–water partition coefficient (Wildman–Crippen LogP) is 5.16. The summed E-state index contributed by atoms with van der Waals surface area (Å²) in [6, 6.07) is 7.54. The fourth-order valence-electron chi connectivity index (χ4n) is 3.32. The summed E-state index contributed by atoms with van der Waals surface area (Å²) in [5, 5.41) is 7.64. The molecule has 1 aromatic heterocycles. The second kappa shape index (κ2) is 10.8. The Labute approximate surface area is 163 Å². The van der Waals surface area contributed by atoms with Crippen LogP contribution < -0.4 is 10.1 Å². The Balaban J connectivity index is 1.88. The Morgan fingerprint density at radius 1 is 1.07 bits per heavy atom. The molecule has 0 saturated heterocycles. The minimum Gasteiger partial charge on any atom is -0.497 e. The first kappa shape index (κ1) is 21.0. The highest BCUT2D eigenvalue weighted by Crippen LogP contribution is 2.18. The second-order valence-corrected chi connectivity index (χ2v) is 7.05. The van der Waals surface area contributed by atoms with E-state index in [0.717, 1.165) is 35.7 Å². The van der Waals surface area contributed by atoms with E-state index in [1.54, 1.807) is 11.8 Å². The zero-order valence-corrected chi connectivity index (χ0v) is 17.2. The highest BCUT2D eigenvalue weighted by Gasteiger charge is 2.16. The van der Waals surface area contributed by atoms with Crippen molar-refractivity contribution >= 4 is 11.6 Å². The van der Waals surface area contributed by atoms with Crippen LogP contribution in [0.25, 0.3) is 0 Å². The van der Waals surface area contributed by atoms with Gasteiger partial charge in [0.25, 0.3) is 5.91 Å². The van der Waals surface area contributed by atoms with Gasteiger partial charge in [-0.1, -0.05) is 39.0 Å². The van der Waals surface area contributed by atoms with Crippen molar-refractivity contribution in [2.24, 2.45) is 0 Å². The molecule has 5 heteroatoms. The quantitative estimate of drug-likeness (QED) is 0.554. The van der Waals surface area contributed by atoms with Gasteiger partial charge < -0.3 is 10.1 Å². The highest BCUT2D eigenvalue weighted by atomic mass is 16.5. The zero-order valence-electron chi connectivity index (χ0n) is 17.2. The lowest BCUT2D eigenvalue weighted by molar-refractivity contribution is 0.0910. The van der Waals surface area contributed by atoms with E-state index < -0.39 is 0 Å². The van der Waals surface area contributed by atoms with Crippen molar-refractivity contribution in [1.82, 2.24) is 9.78 Å². The minimum atomic E-state index is -0.0411. The third kappa shape index (κ3) is 6.12. The number of carbonyl (C=O) groups is 1. The zero-order chi connectivity index (χ0) is 19.6. The molecule has 2 rings (SSSR count). The van der Waals surface area contributed by atoms with Gasteiger partial charge in [-0.3, -0.25) is 4.79 Å². The number of anilines is 1. The summed E-state index contributed by atoms with van der Waals surface area (Å²) in [6.07, 6.45) is 8.63. The van der Waals surface area contributed by atoms with E-state index in [0.29, 0.717) is 0 Å². The van der Waals surface area contributed by atoms with Crippen molar-refractivity contribution in [3.8, 4) is 5.75 Å². The van der Waals surface area contributed by atoms with Crippen molar-refractivity contribution < 1.29 is 9.53 Å². The Hall–Kier alpha value is -2.30. The van der Waals surface area contributed by atoms with Crippen LogP contribution in [0.2, 0.25) is 0 Å². The average molecular weight is 372 g/mol. The van der Waals surface area contributed by atoms with Crippen molar-refractivity contribution in [2.45, 2.75) is 65.7 Å². The van der Waals surface area contributed by atoms with Gasteiger partial charge in [0.1, 0.15) is 5.75 Å². The van der Waals surface area contributed by atoms with E-state index in [-0.39, 0.29) is 12.5 Å². The molecule has 0 fully saturated rings. The SMILES string of the molecule is CCCCCCCCc1c(C)nn(C(=O)CNc2ccc(OC)cc2)c1C. The van der Waals surface area contributed by atoms with E-state index in [1.807, 2.05) is 38.1 Å². The number of aromatic nitrogens is 2. The number of ether oxygens (including phenoxy) is 1. The molecule has 0 atom stereocenters. The number of benzene rings is 1. The third-order valence-electron chi connectivity index (χ3n) is 4.99. The molecule has 0 radical (unpaired) electrons. The molecule has 2 aromatic rings. The average Bonchev–Trinajstić information content (AvgIpc) is 2.97. The third-order valence-corrected chi connectivity index (χ3v) is 4.99. The maximum Gasteiger partial charge on any atom is 0.266 e. The number of unbranched alkanes of at least 4 members (excludes halogenated alkanes) is 5. The largest absolute Gasteiger partial charge is 0.497 e. The van der Waals surface area contributed by atoms with Crippen molar-refractivity contribution in [2.75, 3.05) is 19.0 Å². The van der Waals surface area contributed by atoms with E-state index in [9.17, 15) is 4.79 Å². The number of nitrogens with zero attached hydrogens (tertiary/aromatic N) is 2. The van der Waals surface area contributed by atoms with Crippen molar-refractivity contribution in [3.05, 3.63) is 41.2 Å². The lowest BCUT2D eigenvalue weighted by atomic mass is 10.0. The lowest BCUT2D eigenvalue weighted by Crippen LogP contribution is -2.23. The van der Waals surface area contributed by atoms with Gasteiger partial charge in [-0.05, 0) is 56.5 Å². The van der Waals surface area contributed by atoms with Crippen LogP contribution in [0.3, 0.4) is 0 Å². The number of aryl methyl sites for hydroxylation is 1. The molecule has 5 nitrogen and oxygen atoms in total.